The molecule has 0 saturated heterocycles. The summed E-state index contributed by atoms with van der Waals surface area (Å²) < 4.78 is 6.00. The number of rotatable bonds is 3. The Hall–Kier alpha value is -0.790. The molecule has 0 N–H and O–H groups in total. The van der Waals surface area contributed by atoms with Crippen molar-refractivity contribution in [1.82, 2.24) is 0 Å². The summed E-state index contributed by atoms with van der Waals surface area (Å²) in [6.45, 7) is 6.82. The molecular formula is C18H28O2. The summed E-state index contributed by atoms with van der Waals surface area (Å²) in [5, 5.41) is 0. The van der Waals surface area contributed by atoms with Gasteiger partial charge in [-0.25, -0.2) is 0 Å². The molecule has 0 aromatic rings. The third-order valence-corrected chi connectivity index (χ3v) is 5.81. The quantitative estimate of drug-likeness (QED) is 0.570. The van der Waals surface area contributed by atoms with Crippen LogP contribution in [0.15, 0.2) is 12.2 Å². The molecule has 0 spiro atoms. The van der Waals surface area contributed by atoms with Crippen LogP contribution >= 0.6 is 0 Å². The van der Waals surface area contributed by atoms with E-state index in [1.54, 1.807) is 0 Å². The minimum absolute atomic E-state index is 0.0894. The van der Waals surface area contributed by atoms with Crippen molar-refractivity contribution in [2.75, 3.05) is 0 Å². The molecular weight excluding hydrogens is 248 g/mol. The van der Waals surface area contributed by atoms with Gasteiger partial charge in [-0.15, -0.1) is 0 Å². The maximum Gasteiger partial charge on any atom is 0.309 e. The average Bonchev–Trinajstić information content (AvgIpc) is 3.00. The summed E-state index contributed by atoms with van der Waals surface area (Å²) in [4.78, 5) is 12.5. The molecule has 0 unspecified atom stereocenters. The molecule has 2 saturated carbocycles. The molecule has 6 atom stereocenters. The second-order valence-electron chi connectivity index (χ2n) is 7.69. The summed E-state index contributed by atoms with van der Waals surface area (Å²) in [6, 6.07) is 0. The lowest BCUT2D eigenvalue weighted by atomic mass is 9.75. The molecule has 2 heteroatoms. The van der Waals surface area contributed by atoms with E-state index < -0.39 is 0 Å². The van der Waals surface area contributed by atoms with Crippen LogP contribution in [0.3, 0.4) is 0 Å². The van der Waals surface area contributed by atoms with Crippen LogP contribution < -0.4 is 0 Å². The zero-order chi connectivity index (χ0) is 14.3. The first-order valence-corrected chi connectivity index (χ1v) is 8.43. The number of ether oxygens (including phenoxy) is 1. The molecule has 112 valence electrons. The Kier molecular flexibility index (Phi) is 3.92. The number of hydrogen-bond donors (Lipinski definition) is 0. The molecule has 20 heavy (non-hydrogen) atoms. The molecule has 0 radical (unpaired) electrons. The van der Waals surface area contributed by atoms with Gasteiger partial charge in [-0.3, -0.25) is 4.79 Å². The van der Waals surface area contributed by atoms with E-state index in [1.165, 1.54) is 19.3 Å². The van der Waals surface area contributed by atoms with E-state index in [1.807, 2.05) is 0 Å². The lowest BCUT2D eigenvalue weighted by molar-refractivity contribution is -0.161. The summed E-state index contributed by atoms with van der Waals surface area (Å²) in [7, 11) is 0. The summed E-state index contributed by atoms with van der Waals surface area (Å²) in [6.07, 6.45) is 10.4. The zero-order valence-corrected chi connectivity index (χ0v) is 13.0. The van der Waals surface area contributed by atoms with Crippen molar-refractivity contribution in [3.63, 3.8) is 0 Å². The van der Waals surface area contributed by atoms with Crippen LogP contribution in [0.25, 0.3) is 0 Å². The molecule has 0 aromatic heterocycles. The Morgan fingerprint density at radius 3 is 2.55 bits per heavy atom. The van der Waals surface area contributed by atoms with Gasteiger partial charge in [0.05, 0.1) is 5.92 Å². The smallest absolute Gasteiger partial charge is 0.309 e. The Bertz CT molecular complexity index is 398. The molecule has 0 amide bonds. The van der Waals surface area contributed by atoms with Crippen LogP contribution in [-0.2, 0) is 9.53 Å². The third kappa shape index (κ3) is 2.66. The fourth-order valence-corrected chi connectivity index (χ4v) is 4.54. The van der Waals surface area contributed by atoms with E-state index in [0.29, 0.717) is 29.6 Å². The van der Waals surface area contributed by atoms with Crippen molar-refractivity contribution >= 4 is 5.97 Å². The van der Waals surface area contributed by atoms with Crippen molar-refractivity contribution in [2.24, 2.45) is 35.5 Å². The Balaban J connectivity index is 1.63. The highest BCUT2D eigenvalue weighted by Gasteiger charge is 2.42. The molecule has 2 bridgehead atoms. The molecule has 2 fully saturated rings. The van der Waals surface area contributed by atoms with Gasteiger partial charge in [0, 0.05) is 0 Å². The first-order chi connectivity index (χ1) is 9.54. The number of carbonyl (C=O) groups is 1. The highest BCUT2D eigenvalue weighted by atomic mass is 16.5. The van der Waals surface area contributed by atoms with E-state index in [4.69, 9.17) is 4.74 Å². The van der Waals surface area contributed by atoms with Crippen LogP contribution in [0.2, 0.25) is 0 Å². The molecule has 3 rings (SSSR count). The number of fused-ring (bicyclic) bond motifs is 2. The topological polar surface area (TPSA) is 26.3 Å². The standard InChI is InChI=1S/C18H28O2/c1-11(2)15-7-4-12(3)8-17(15)20-18(19)16-10-13-5-6-14(16)9-13/h5-6,11-17H,4,7-10H2,1-3H3/t12-,13-,14+,15+,16+,17-/m1/s1. The third-order valence-electron chi connectivity index (χ3n) is 5.81. The molecule has 3 aliphatic rings. The van der Waals surface area contributed by atoms with Gasteiger partial charge < -0.3 is 4.74 Å². The Morgan fingerprint density at radius 2 is 1.95 bits per heavy atom. The maximum absolute atomic E-state index is 12.5. The number of esters is 1. The largest absolute Gasteiger partial charge is 0.462 e. The minimum atomic E-state index is 0.0894. The van der Waals surface area contributed by atoms with Crippen LogP contribution in [0.1, 0.15) is 52.9 Å². The van der Waals surface area contributed by atoms with Crippen molar-refractivity contribution in [1.29, 1.82) is 0 Å². The first kappa shape index (κ1) is 14.2. The molecule has 0 heterocycles. The number of carbonyl (C=O) groups excluding carboxylic acids is 1. The lowest BCUT2D eigenvalue weighted by Crippen LogP contribution is -2.37. The van der Waals surface area contributed by atoms with Gasteiger partial charge in [-0.2, -0.15) is 0 Å². The monoisotopic (exact) mass is 276 g/mol. The van der Waals surface area contributed by atoms with Gasteiger partial charge in [0.25, 0.3) is 0 Å². The maximum atomic E-state index is 12.5. The Labute approximate surface area is 123 Å². The molecule has 0 aliphatic heterocycles. The van der Waals surface area contributed by atoms with Crippen LogP contribution in [0, 0.1) is 35.5 Å². The zero-order valence-electron chi connectivity index (χ0n) is 13.0. The van der Waals surface area contributed by atoms with Gasteiger partial charge in [0.15, 0.2) is 0 Å². The predicted octanol–water partition coefficient (Wildman–Crippen LogP) is 4.20. The summed E-state index contributed by atoms with van der Waals surface area (Å²) in [5.41, 5.74) is 0. The predicted molar refractivity (Wildman–Crippen MR) is 80.1 cm³/mol. The summed E-state index contributed by atoms with van der Waals surface area (Å²) >= 11 is 0. The molecule has 0 aromatic carbocycles. The van der Waals surface area contributed by atoms with Crippen molar-refractivity contribution in [2.45, 2.75) is 59.0 Å². The molecule has 2 nitrogen and oxygen atoms in total. The van der Waals surface area contributed by atoms with E-state index in [0.717, 1.165) is 12.8 Å². The van der Waals surface area contributed by atoms with Crippen molar-refractivity contribution in [3.05, 3.63) is 12.2 Å². The summed E-state index contributed by atoms with van der Waals surface area (Å²) in [5.74, 6) is 3.21. The van der Waals surface area contributed by atoms with Gasteiger partial charge in [-0.1, -0.05) is 39.3 Å². The highest BCUT2D eigenvalue weighted by molar-refractivity contribution is 5.74. The molecule has 3 aliphatic carbocycles. The fraction of sp³-hybridized carbons (Fsp3) is 0.833. The van der Waals surface area contributed by atoms with E-state index >= 15 is 0 Å². The van der Waals surface area contributed by atoms with Crippen molar-refractivity contribution < 1.29 is 9.53 Å². The average molecular weight is 276 g/mol. The van der Waals surface area contributed by atoms with Gasteiger partial charge >= 0.3 is 5.97 Å². The van der Waals surface area contributed by atoms with Crippen LogP contribution in [-0.4, -0.2) is 12.1 Å². The van der Waals surface area contributed by atoms with Crippen molar-refractivity contribution in [3.8, 4) is 0 Å². The van der Waals surface area contributed by atoms with E-state index in [9.17, 15) is 4.79 Å². The number of allylic oxidation sites excluding steroid dienone is 2. The van der Waals surface area contributed by atoms with Gasteiger partial charge in [-0.05, 0) is 55.3 Å². The minimum Gasteiger partial charge on any atom is -0.462 e. The van der Waals surface area contributed by atoms with E-state index in [-0.39, 0.29) is 18.0 Å². The number of hydrogen-bond acceptors (Lipinski definition) is 2. The fourth-order valence-electron chi connectivity index (χ4n) is 4.54. The highest BCUT2D eigenvalue weighted by Crippen LogP contribution is 2.45. The Morgan fingerprint density at radius 1 is 1.15 bits per heavy atom. The second kappa shape index (κ2) is 5.54. The lowest BCUT2D eigenvalue weighted by Gasteiger charge is -2.37. The second-order valence-corrected chi connectivity index (χ2v) is 7.69. The van der Waals surface area contributed by atoms with Crippen LogP contribution in [0.4, 0.5) is 0 Å². The van der Waals surface area contributed by atoms with E-state index in [2.05, 4.69) is 32.9 Å². The van der Waals surface area contributed by atoms with Gasteiger partial charge in [0.1, 0.15) is 6.10 Å². The normalized spacial score (nSPS) is 43.2. The van der Waals surface area contributed by atoms with Gasteiger partial charge in [0.2, 0.25) is 0 Å². The van der Waals surface area contributed by atoms with Crippen LogP contribution in [0.5, 0.6) is 0 Å². The SMILES string of the molecule is CC(C)[C@@H]1CC[C@@H](C)C[C@H]1OC(=O)[C@H]1C[C@@H]2C=C[C@H]1C2. The first-order valence-electron chi connectivity index (χ1n) is 8.43.